The second-order valence-electron chi connectivity index (χ2n) is 6.16. The Kier molecular flexibility index (Phi) is 7.28. The lowest BCUT2D eigenvalue weighted by atomic mass is 10.1. The van der Waals surface area contributed by atoms with Crippen LogP contribution in [0.2, 0.25) is 10.0 Å². The van der Waals surface area contributed by atoms with E-state index in [4.69, 9.17) is 23.2 Å². The Balaban J connectivity index is 2.13. The lowest BCUT2D eigenvalue weighted by Gasteiger charge is -2.23. The number of rotatable bonds is 8. The van der Waals surface area contributed by atoms with Crippen LogP contribution in [0.1, 0.15) is 17.2 Å². The van der Waals surface area contributed by atoms with Crippen LogP contribution in [0, 0.1) is 0 Å². The number of sulfonamides is 1. The maximum absolute atomic E-state index is 12.5. The highest BCUT2D eigenvalue weighted by Crippen LogP contribution is 2.26. The van der Waals surface area contributed by atoms with Gasteiger partial charge in [-0.05, 0) is 43.8 Å². The maximum atomic E-state index is 12.5. The highest BCUT2D eigenvalue weighted by molar-refractivity contribution is 7.89. The maximum Gasteiger partial charge on any atom is 0.212 e. The third kappa shape index (κ3) is 6.60. The van der Waals surface area contributed by atoms with Gasteiger partial charge in [0.05, 0.1) is 21.8 Å². The van der Waals surface area contributed by atoms with E-state index in [0.29, 0.717) is 23.0 Å². The molecule has 0 aliphatic carbocycles. The highest BCUT2D eigenvalue weighted by Gasteiger charge is 2.21. The third-order valence-corrected chi connectivity index (χ3v) is 5.84. The minimum atomic E-state index is -3.45. The third-order valence-electron chi connectivity index (χ3n) is 3.72. The fourth-order valence-electron chi connectivity index (χ4n) is 2.48. The average molecular weight is 401 g/mol. The minimum Gasteiger partial charge on any atom is -0.307 e. The molecule has 0 saturated carbocycles. The molecule has 0 heterocycles. The van der Waals surface area contributed by atoms with Crippen LogP contribution in [-0.2, 0) is 16.4 Å². The molecule has 136 valence electrons. The summed E-state index contributed by atoms with van der Waals surface area (Å²) in [6, 6.07) is 14.3. The summed E-state index contributed by atoms with van der Waals surface area (Å²) >= 11 is 12.0. The van der Waals surface area contributed by atoms with Gasteiger partial charge in [-0.15, -0.1) is 0 Å². The van der Waals surface area contributed by atoms with Gasteiger partial charge in [0.1, 0.15) is 0 Å². The van der Waals surface area contributed by atoms with Gasteiger partial charge in [-0.3, -0.25) is 0 Å². The van der Waals surface area contributed by atoms with Crippen LogP contribution in [0.4, 0.5) is 0 Å². The van der Waals surface area contributed by atoms with Crippen LogP contribution in [0.5, 0.6) is 0 Å². The molecule has 0 unspecified atom stereocenters. The van der Waals surface area contributed by atoms with Crippen molar-refractivity contribution in [2.75, 3.05) is 26.4 Å². The molecule has 0 radical (unpaired) electrons. The molecule has 0 amide bonds. The van der Waals surface area contributed by atoms with Gasteiger partial charge in [-0.25, -0.2) is 13.1 Å². The lowest BCUT2D eigenvalue weighted by Crippen LogP contribution is -2.36. The molecule has 0 aliphatic heterocycles. The van der Waals surface area contributed by atoms with Crippen molar-refractivity contribution in [1.82, 2.24) is 9.62 Å². The molecule has 2 rings (SSSR count). The molecule has 0 bridgehead atoms. The predicted octanol–water partition coefficient (Wildman–Crippen LogP) is 3.76. The van der Waals surface area contributed by atoms with Crippen molar-refractivity contribution in [3.63, 3.8) is 0 Å². The molecular weight excluding hydrogens is 379 g/mol. The fraction of sp³-hybridized carbons (Fsp3) is 0.333. The Hall–Kier alpha value is -1.11. The quantitative estimate of drug-likeness (QED) is 0.733. The number of benzene rings is 2. The number of nitrogens with one attached hydrogen (secondary N) is 1. The molecule has 0 spiro atoms. The van der Waals surface area contributed by atoms with E-state index in [9.17, 15) is 8.42 Å². The summed E-state index contributed by atoms with van der Waals surface area (Å²) in [5, 5.41) is 0.854. The van der Waals surface area contributed by atoms with Crippen molar-refractivity contribution in [3.05, 3.63) is 69.7 Å². The normalized spacial score (nSPS) is 13.2. The zero-order valence-corrected chi connectivity index (χ0v) is 16.6. The van der Waals surface area contributed by atoms with Crippen LogP contribution in [-0.4, -0.2) is 39.7 Å². The second kappa shape index (κ2) is 9.01. The zero-order valence-electron chi connectivity index (χ0n) is 14.2. The van der Waals surface area contributed by atoms with Gasteiger partial charge in [0, 0.05) is 6.54 Å². The molecule has 2 aromatic rings. The van der Waals surface area contributed by atoms with Crippen LogP contribution >= 0.6 is 23.2 Å². The van der Waals surface area contributed by atoms with E-state index in [1.165, 1.54) is 0 Å². The Bertz CT molecular complexity index is 796. The summed E-state index contributed by atoms with van der Waals surface area (Å²) < 4.78 is 27.9. The second-order valence-corrected chi connectivity index (χ2v) is 8.85. The molecule has 1 N–H and O–H groups in total. The van der Waals surface area contributed by atoms with Gasteiger partial charge < -0.3 is 4.90 Å². The molecule has 0 aliphatic rings. The Labute approximate surface area is 159 Å². The Morgan fingerprint density at radius 3 is 2.32 bits per heavy atom. The smallest absolute Gasteiger partial charge is 0.212 e. The Morgan fingerprint density at radius 1 is 1.04 bits per heavy atom. The molecule has 0 saturated heterocycles. The zero-order chi connectivity index (χ0) is 18.4. The number of likely N-dealkylation sites (N-methyl/N-ethyl adjacent to an activating group) is 1. The van der Waals surface area contributed by atoms with Crippen molar-refractivity contribution >= 4 is 33.2 Å². The summed E-state index contributed by atoms with van der Waals surface area (Å²) in [7, 11) is 0.335. The summed E-state index contributed by atoms with van der Waals surface area (Å²) in [6.07, 6.45) is 0.465. The van der Waals surface area contributed by atoms with Gasteiger partial charge in [0.25, 0.3) is 0 Å². The van der Waals surface area contributed by atoms with Crippen molar-refractivity contribution in [1.29, 1.82) is 0 Å². The van der Waals surface area contributed by atoms with E-state index >= 15 is 0 Å². The molecule has 0 fully saturated rings. The van der Waals surface area contributed by atoms with Crippen molar-refractivity contribution in [3.8, 4) is 0 Å². The number of nitrogens with zero attached hydrogens (tertiary/aromatic N) is 1. The monoisotopic (exact) mass is 400 g/mol. The van der Waals surface area contributed by atoms with Gasteiger partial charge in [-0.2, -0.15) is 0 Å². The summed E-state index contributed by atoms with van der Waals surface area (Å²) in [5.41, 5.74) is 1.78. The molecule has 1 atom stereocenters. The van der Waals surface area contributed by atoms with E-state index in [0.717, 1.165) is 11.1 Å². The largest absolute Gasteiger partial charge is 0.307 e. The Morgan fingerprint density at radius 2 is 1.72 bits per heavy atom. The highest BCUT2D eigenvalue weighted by atomic mass is 35.5. The molecule has 4 nitrogen and oxygen atoms in total. The summed E-state index contributed by atoms with van der Waals surface area (Å²) in [4.78, 5) is 1.92. The lowest BCUT2D eigenvalue weighted by molar-refractivity contribution is 0.363. The molecule has 7 heteroatoms. The first-order valence-electron chi connectivity index (χ1n) is 7.90. The van der Waals surface area contributed by atoms with Crippen LogP contribution < -0.4 is 4.72 Å². The van der Waals surface area contributed by atoms with Crippen LogP contribution in [0.15, 0.2) is 48.5 Å². The topological polar surface area (TPSA) is 49.4 Å². The molecule has 2 aromatic carbocycles. The van der Waals surface area contributed by atoms with E-state index in [-0.39, 0.29) is 5.75 Å². The van der Waals surface area contributed by atoms with Gasteiger partial charge >= 0.3 is 0 Å². The van der Waals surface area contributed by atoms with Crippen molar-refractivity contribution in [2.24, 2.45) is 0 Å². The van der Waals surface area contributed by atoms with E-state index in [1.807, 2.05) is 49.3 Å². The SMILES string of the molecule is CN(C)C[C@@H](NS(=O)(=O)CCc1ccccc1)c1ccc(Cl)c(Cl)c1. The molecular formula is C18H22Cl2N2O2S. The van der Waals surface area contributed by atoms with Crippen molar-refractivity contribution < 1.29 is 8.42 Å². The summed E-state index contributed by atoms with van der Waals surface area (Å²) in [6.45, 7) is 0.516. The fourth-order valence-corrected chi connectivity index (χ4v) is 4.05. The van der Waals surface area contributed by atoms with E-state index in [1.54, 1.807) is 18.2 Å². The number of hydrogen-bond donors (Lipinski definition) is 1. The average Bonchev–Trinajstić information content (AvgIpc) is 2.55. The number of aryl methyl sites for hydroxylation is 1. The van der Waals surface area contributed by atoms with Gasteiger partial charge in [0.2, 0.25) is 10.0 Å². The van der Waals surface area contributed by atoms with Gasteiger partial charge in [-0.1, -0.05) is 59.6 Å². The van der Waals surface area contributed by atoms with Crippen molar-refractivity contribution in [2.45, 2.75) is 12.5 Å². The van der Waals surface area contributed by atoms with E-state index < -0.39 is 16.1 Å². The molecule has 25 heavy (non-hydrogen) atoms. The van der Waals surface area contributed by atoms with Crippen LogP contribution in [0.3, 0.4) is 0 Å². The number of hydrogen-bond acceptors (Lipinski definition) is 3. The number of halogens is 2. The molecule has 0 aromatic heterocycles. The van der Waals surface area contributed by atoms with E-state index in [2.05, 4.69) is 4.72 Å². The standard InChI is InChI=1S/C18H22Cl2N2O2S/c1-22(2)13-18(15-8-9-16(19)17(20)12-15)21-25(23,24)11-10-14-6-4-3-5-7-14/h3-9,12,18,21H,10-11,13H2,1-2H3/t18-/m1/s1. The first-order chi connectivity index (χ1) is 11.8. The first-order valence-corrected chi connectivity index (χ1v) is 10.3. The predicted molar refractivity (Wildman–Crippen MR) is 105 cm³/mol. The van der Waals surface area contributed by atoms with Crippen LogP contribution in [0.25, 0.3) is 0 Å². The minimum absolute atomic E-state index is 0.0300. The first kappa shape index (κ1) is 20.2. The summed E-state index contributed by atoms with van der Waals surface area (Å²) in [5.74, 6) is 0.0300. The van der Waals surface area contributed by atoms with Gasteiger partial charge in [0.15, 0.2) is 0 Å².